The van der Waals surface area contributed by atoms with Crippen LogP contribution in [0.5, 0.6) is 5.75 Å². The Labute approximate surface area is 230 Å². The van der Waals surface area contributed by atoms with E-state index in [2.05, 4.69) is 32.9 Å². The van der Waals surface area contributed by atoms with Crippen LogP contribution in [0, 0.1) is 36.0 Å². The number of carbonyl (C=O) groups excluding carboxylic acids is 1. The highest BCUT2D eigenvalue weighted by Crippen LogP contribution is 2.27. The van der Waals surface area contributed by atoms with Gasteiger partial charge < -0.3 is 14.7 Å². The van der Waals surface area contributed by atoms with Gasteiger partial charge in [-0.2, -0.15) is 5.26 Å². The van der Waals surface area contributed by atoms with E-state index in [0.29, 0.717) is 24.0 Å². The third-order valence-electron chi connectivity index (χ3n) is 7.97. The number of aromatic hydroxyl groups is 1. The molecule has 0 spiro atoms. The predicted octanol–water partition coefficient (Wildman–Crippen LogP) is 8.28. The van der Waals surface area contributed by atoms with Gasteiger partial charge in [0.05, 0.1) is 12.2 Å². The monoisotopic (exact) mass is 520 g/mol. The molecule has 1 aliphatic carbocycles. The second-order valence-corrected chi connectivity index (χ2v) is 10.8. The number of hydrogen-bond donors (Lipinski definition) is 1. The molecule has 2 atom stereocenters. The molecule has 208 valence electrons. The number of carbonyl (C=O) groups is 1. The predicted molar refractivity (Wildman–Crippen MR) is 155 cm³/mol. The maximum absolute atomic E-state index is 12.0. The molecule has 1 heterocycles. The zero-order chi connectivity index (χ0) is 27.8. The lowest BCUT2D eigenvalue weighted by atomic mass is 9.88. The van der Waals surface area contributed by atoms with Crippen molar-refractivity contribution in [2.24, 2.45) is 17.8 Å². The van der Waals surface area contributed by atoms with E-state index in [0.717, 1.165) is 37.4 Å². The minimum Gasteiger partial charge on any atom is -0.507 e. The van der Waals surface area contributed by atoms with E-state index in [4.69, 9.17) is 15.1 Å². The number of phenolic OH excluding ortho intramolecular Hbond substituents is 1. The maximum Gasteiger partial charge on any atom is 0.409 e. The Kier molecular flexibility index (Phi) is 14.4. The van der Waals surface area contributed by atoms with Crippen LogP contribution in [0.15, 0.2) is 48.5 Å². The molecule has 2 aromatic rings. The number of rotatable bonds is 6. The highest BCUT2D eigenvalue weighted by molar-refractivity contribution is 5.68. The van der Waals surface area contributed by atoms with Crippen LogP contribution in [0.3, 0.4) is 0 Å². The summed E-state index contributed by atoms with van der Waals surface area (Å²) in [5.41, 5.74) is 2.49. The molecule has 38 heavy (non-hydrogen) atoms. The van der Waals surface area contributed by atoms with Gasteiger partial charge in [-0.3, -0.25) is 0 Å². The molecular weight excluding hydrogens is 472 g/mol. The zero-order valence-electron chi connectivity index (χ0n) is 24.0. The quantitative estimate of drug-likeness (QED) is 0.416. The van der Waals surface area contributed by atoms with Crippen molar-refractivity contribution < 1.29 is 14.6 Å². The number of phenols is 1. The number of benzene rings is 2. The van der Waals surface area contributed by atoms with Crippen LogP contribution in [0.1, 0.15) is 88.8 Å². The lowest BCUT2D eigenvalue weighted by Crippen LogP contribution is -2.30. The summed E-state index contributed by atoms with van der Waals surface area (Å²) in [6, 6.07) is 17.0. The summed E-state index contributed by atoms with van der Waals surface area (Å²) in [6.07, 6.45) is 11.9. The van der Waals surface area contributed by atoms with Crippen molar-refractivity contribution in [3.63, 3.8) is 0 Å². The smallest absolute Gasteiger partial charge is 0.409 e. The van der Waals surface area contributed by atoms with E-state index in [1.165, 1.54) is 50.5 Å². The first-order chi connectivity index (χ1) is 18.4. The molecule has 1 N–H and O–H groups in total. The molecular formula is C33H48N2O3. The Morgan fingerprint density at radius 1 is 1.11 bits per heavy atom. The normalized spacial score (nSPS) is 17.8. The topological polar surface area (TPSA) is 73.6 Å². The molecule has 2 aromatic carbocycles. The van der Waals surface area contributed by atoms with Gasteiger partial charge in [0.25, 0.3) is 0 Å². The summed E-state index contributed by atoms with van der Waals surface area (Å²) >= 11 is 0. The van der Waals surface area contributed by atoms with Gasteiger partial charge in [-0.25, -0.2) is 4.79 Å². The van der Waals surface area contributed by atoms with E-state index < -0.39 is 0 Å². The average Bonchev–Trinajstić information content (AvgIpc) is 3.45. The summed E-state index contributed by atoms with van der Waals surface area (Å²) < 4.78 is 5.38. The van der Waals surface area contributed by atoms with Crippen LogP contribution in [-0.4, -0.2) is 35.8 Å². The summed E-state index contributed by atoms with van der Waals surface area (Å²) in [5.74, 6) is 2.48. The molecule has 1 amide bonds. The van der Waals surface area contributed by atoms with Crippen molar-refractivity contribution >= 4 is 6.09 Å². The fourth-order valence-electron chi connectivity index (χ4n) is 5.07. The van der Waals surface area contributed by atoms with Crippen molar-refractivity contribution in [3.05, 3.63) is 65.2 Å². The summed E-state index contributed by atoms with van der Waals surface area (Å²) in [4.78, 5) is 13.9. The first kappa shape index (κ1) is 31.2. The highest BCUT2D eigenvalue weighted by atomic mass is 16.6. The third kappa shape index (κ3) is 11.2. The van der Waals surface area contributed by atoms with Crippen LogP contribution < -0.4 is 0 Å². The van der Waals surface area contributed by atoms with Crippen LogP contribution in [0.4, 0.5) is 4.79 Å². The molecule has 1 saturated carbocycles. The molecule has 5 heteroatoms. The minimum atomic E-state index is -0.147. The molecule has 0 bridgehead atoms. The average molecular weight is 521 g/mol. The molecule has 5 nitrogen and oxygen atoms in total. The van der Waals surface area contributed by atoms with E-state index in [1.807, 2.05) is 36.1 Å². The van der Waals surface area contributed by atoms with E-state index in [9.17, 15) is 4.79 Å². The lowest BCUT2D eigenvalue weighted by molar-refractivity contribution is 0.109. The SMILES string of the molecule is CCC(C)C1CCN(C(=O)OCCc2ccccc2)C1.CCC1CCCCC1.Cc1ccc(C#N)c(O)c1. The molecule has 2 fully saturated rings. The maximum atomic E-state index is 12.0. The van der Waals surface area contributed by atoms with E-state index in [-0.39, 0.29) is 11.8 Å². The van der Waals surface area contributed by atoms with Crippen molar-refractivity contribution in [2.45, 2.75) is 85.5 Å². The number of aryl methyl sites for hydroxylation is 1. The first-order valence-electron chi connectivity index (χ1n) is 14.5. The number of hydrogen-bond acceptors (Lipinski definition) is 4. The Hall–Kier alpha value is -3.00. The highest BCUT2D eigenvalue weighted by Gasteiger charge is 2.29. The Bertz CT molecular complexity index is 979. The van der Waals surface area contributed by atoms with Gasteiger partial charge >= 0.3 is 6.09 Å². The number of likely N-dealkylation sites (tertiary alicyclic amines) is 1. The standard InChI is InChI=1S/C17H25NO2.C8H7NO.C8H16/c1-3-14(2)16-9-11-18(13-16)17(19)20-12-10-15-7-5-4-6-8-15;1-6-2-3-7(5-9)8(10)4-6;1-2-8-6-4-3-5-7-8/h4-8,14,16H,3,9-13H2,1-2H3;2-4,10H,1H3;8H,2-7H2,1H3. The fourth-order valence-corrected chi connectivity index (χ4v) is 5.07. The number of nitriles is 1. The minimum absolute atomic E-state index is 0.0579. The van der Waals surface area contributed by atoms with Gasteiger partial charge in [-0.05, 0) is 54.4 Å². The van der Waals surface area contributed by atoms with Gasteiger partial charge in [-0.1, -0.05) is 102 Å². The lowest BCUT2D eigenvalue weighted by Gasteiger charge is -2.19. The second-order valence-electron chi connectivity index (χ2n) is 10.8. The number of amides is 1. The molecule has 1 saturated heterocycles. The van der Waals surface area contributed by atoms with Crippen molar-refractivity contribution in [1.29, 1.82) is 5.26 Å². The Balaban J connectivity index is 0.000000233. The third-order valence-corrected chi connectivity index (χ3v) is 7.97. The number of ether oxygens (including phenoxy) is 1. The van der Waals surface area contributed by atoms with Crippen LogP contribution >= 0.6 is 0 Å². The van der Waals surface area contributed by atoms with Crippen LogP contribution in [-0.2, 0) is 11.2 Å². The Morgan fingerprint density at radius 3 is 2.39 bits per heavy atom. The largest absolute Gasteiger partial charge is 0.507 e. The molecule has 0 aromatic heterocycles. The second kappa shape index (κ2) is 17.5. The summed E-state index contributed by atoms with van der Waals surface area (Å²) in [7, 11) is 0. The van der Waals surface area contributed by atoms with Crippen molar-refractivity contribution in [2.75, 3.05) is 19.7 Å². The van der Waals surface area contributed by atoms with Crippen molar-refractivity contribution in [1.82, 2.24) is 4.90 Å². The van der Waals surface area contributed by atoms with Crippen LogP contribution in [0.25, 0.3) is 0 Å². The molecule has 4 rings (SSSR count). The summed E-state index contributed by atoms with van der Waals surface area (Å²) in [5, 5.41) is 17.5. The number of nitrogens with zero attached hydrogens (tertiary/aromatic N) is 2. The molecule has 0 radical (unpaired) electrons. The first-order valence-corrected chi connectivity index (χ1v) is 14.5. The van der Waals surface area contributed by atoms with Crippen LogP contribution in [0.2, 0.25) is 0 Å². The molecule has 2 unspecified atom stereocenters. The Morgan fingerprint density at radius 2 is 1.82 bits per heavy atom. The van der Waals surface area contributed by atoms with Crippen molar-refractivity contribution in [3.8, 4) is 11.8 Å². The van der Waals surface area contributed by atoms with E-state index in [1.54, 1.807) is 18.2 Å². The molecule has 2 aliphatic rings. The molecule has 1 aliphatic heterocycles. The van der Waals surface area contributed by atoms with Gasteiger partial charge in [0.15, 0.2) is 0 Å². The summed E-state index contributed by atoms with van der Waals surface area (Å²) in [6.45, 7) is 10.8. The van der Waals surface area contributed by atoms with Gasteiger partial charge in [0, 0.05) is 19.5 Å². The zero-order valence-corrected chi connectivity index (χ0v) is 24.0. The van der Waals surface area contributed by atoms with E-state index >= 15 is 0 Å². The van der Waals surface area contributed by atoms with Gasteiger partial charge in [0.2, 0.25) is 0 Å². The van der Waals surface area contributed by atoms with Gasteiger partial charge in [-0.15, -0.1) is 0 Å². The fraction of sp³-hybridized carbons (Fsp3) is 0.576. The van der Waals surface area contributed by atoms with Gasteiger partial charge in [0.1, 0.15) is 11.8 Å².